The van der Waals surface area contributed by atoms with Crippen LogP contribution in [0.15, 0.2) is 39.9 Å². The van der Waals surface area contributed by atoms with Gasteiger partial charge in [0.25, 0.3) is 0 Å². The number of rotatable bonds is 6. The topological polar surface area (TPSA) is 92.5 Å². The van der Waals surface area contributed by atoms with Gasteiger partial charge in [-0.25, -0.2) is 5.43 Å². The van der Waals surface area contributed by atoms with Crippen molar-refractivity contribution in [2.24, 2.45) is 5.10 Å². The van der Waals surface area contributed by atoms with E-state index in [2.05, 4.69) is 21.2 Å². The summed E-state index contributed by atoms with van der Waals surface area (Å²) in [6.45, 7) is 10.4. The lowest BCUT2D eigenvalue weighted by atomic mass is 10.2. The number of thiophene rings is 1. The Morgan fingerprint density at radius 3 is 2.79 bits per heavy atom. The molecule has 0 fully saturated rings. The Kier molecular flexibility index (Phi) is 6.07. The Morgan fingerprint density at radius 1 is 1.27 bits per heavy atom. The van der Waals surface area contributed by atoms with Crippen molar-refractivity contribution >= 4 is 34.4 Å². The maximum Gasteiger partial charge on any atom is 0.307 e. The molecule has 0 saturated heterocycles. The summed E-state index contributed by atoms with van der Waals surface area (Å²) in [5.74, 6) is 0.455. The van der Waals surface area contributed by atoms with Gasteiger partial charge in [-0.3, -0.25) is 4.79 Å². The lowest BCUT2D eigenvalue weighted by Gasteiger charge is -2.07. The van der Waals surface area contributed by atoms with Crippen molar-refractivity contribution in [2.75, 3.05) is 6.61 Å². The van der Waals surface area contributed by atoms with Gasteiger partial charge in [0, 0.05) is 27.2 Å². The molecule has 3 heterocycles. The van der Waals surface area contributed by atoms with Crippen molar-refractivity contribution in [1.82, 2.24) is 9.99 Å². The number of nitrogens with one attached hydrogen (secondary N) is 1. The average Bonchev–Trinajstić information content (AvgIpc) is 3.42. The molecular weight excluding hydrogens is 436 g/mol. The number of benzene rings is 1. The van der Waals surface area contributed by atoms with Crippen molar-refractivity contribution in [1.29, 1.82) is 5.26 Å². The molecule has 0 unspecified atom stereocenters. The quantitative estimate of drug-likeness (QED) is 0.301. The minimum atomic E-state index is -0.439. The van der Waals surface area contributed by atoms with Gasteiger partial charge >= 0.3 is 5.91 Å². The largest absolute Gasteiger partial charge is 0.494 e. The fourth-order valence-electron chi connectivity index (χ4n) is 3.73. The molecule has 4 rings (SSSR count). The van der Waals surface area contributed by atoms with Crippen LogP contribution in [-0.4, -0.2) is 23.3 Å². The van der Waals surface area contributed by atoms with Crippen LogP contribution in [-0.2, 0) is 0 Å². The van der Waals surface area contributed by atoms with Gasteiger partial charge in [0.1, 0.15) is 22.4 Å². The first-order valence-corrected chi connectivity index (χ1v) is 11.3. The molecule has 0 aliphatic heterocycles. The Bertz CT molecular complexity index is 1430. The standard InChI is InChI=1S/C25H24N4O3S/c1-6-31-20-7-8-22-18(10-20)11-23(32-22)24(30)28-27-13-19-9-14(2)29(16(19)4)25-21(12-26)15(3)17(5)33-25/h7-11,13H,6H2,1-5H3,(H,28,30)/b27-13+. The number of nitrogens with zero attached hydrogens (tertiary/aromatic N) is 3. The van der Waals surface area contributed by atoms with Gasteiger partial charge in [-0.15, -0.1) is 11.3 Å². The van der Waals surface area contributed by atoms with Crippen LogP contribution in [0.4, 0.5) is 0 Å². The van der Waals surface area contributed by atoms with Crippen LogP contribution >= 0.6 is 11.3 Å². The lowest BCUT2D eigenvalue weighted by Crippen LogP contribution is -2.16. The minimum Gasteiger partial charge on any atom is -0.494 e. The van der Waals surface area contributed by atoms with Crippen molar-refractivity contribution in [3.63, 3.8) is 0 Å². The molecule has 0 spiro atoms. The molecule has 0 bridgehead atoms. The van der Waals surface area contributed by atoms with Crippen molar-refractivity contribution in [2.45, 2.75) is 34.6 Å². The van der Waals surface area contributed by atoms with Crippen LogP contribution in [0.25, 0.3) is 16.0 Å². The summed E-state index contributed by atoms with van der Waals surface area (Å²) in [5, 5.41) is 15.4. The summed E-state index contributed by atoms with van der Waals surface area (Å²) >= 11 is 1.60. The molecular formula is C25H24N4O3S. The fourth-order valence-corrected chi connectivity index (χ4v) is 4.95. The van der Waals surface area contributed by atoms with Gasteiger partial charge < -0.3 is 13.7 Å². The van der Waals surface area contributed by atoms with Crippen LogP contribution in [0, 0.1) is 39.0 Å². The van der Waals surface area contributed by atoms with Crippen LogP contribution in [0.1, 0.15) is 50.4 Å². The lowest BCUT2D eigenvalue weighted by molar-refractivity contribution is 0.0929. The fraction of sp³-hybridized carbons (Fsp3) is 0.240. The molecule has 1 N–H and O–H groups in total. The Morgan fingerprint density at radius 2 is 2.06 bits per heavy atom. The number of fused-ring (bicyclic) bond motifs is 1. The highest BCUT2D eigenvalue weighted by Crippen LogP contribution is 2.33. The molecule has 0 aliphatic rings. The zero-order chi connectivity index (χ0) is 23.7. The molecule has 3 aromatic heterocycles. The number of hydrogen-bond donors (Lipinski definition) is 1. The summed E-state index contributed by atoms with van der Waals surface area (Å²) in [6, 6.07) is 11.4. The maximum absolute atomic E-state index is 12.5. The number of carbonyl (C=O) groups is 1. The van der Waals surface area contributed by atoms with Gasteiger partial charge in [-0.2, -0.15) is 10.4 Å². The van der Waals surface area contributed by atoms with E-state index in [9.17, 15) is 10.1 Å². The van der Waals surface area contributed by atoms with Crippen LogP contribution in [0.2, 0.25) is 0 Å². The Labute approximate surface area is 195 Å². The van der Waals surface area contributed by atoms with Gasteiger partial charge in [0.2, 0.25) is 0 Å². The van der Waals surface area contributed by atoms with Gasteiger partial charge in [0.15, 0.2) is 5.76 Å². The second kappa shape index (κ2) is 8.96. The number of carbonyl (C=O) groups excluding carboxylic acids is 1. The molecule has 0 saturated carbocycles. The maximum atomic E-state index is 12.5. The van der Waals surface area contributed by atoms with Gasteiger partial charge in [-0.05, 0) is 70.5 Å². The summed E-state index contributed by atoms with van der Waals surface area (Å²) in [5.41, 5.74) is 7.60. The number of aryl methyl sites for hydroxylation is 2. The second-order valence-corrected chi connectivity index (χ2v) is 8.88. The highest BCUT2D eigenvalue weighted by Gasteiger charge is 2.18. The van der Waals surface area contributed by atoms with Crippen LogP contribution < -0.4 is 10.2 Å². The predicted molar refractivity (Wildman–Crippen MR) is 130 cm³/mol. The third kappa shape index (κ3) is 4.15. The molecule has 33 heavy (non-hydrogen) atoms. The third-order valence-corrected chi connectivity index (χ3v) is 6.74. The van der Waals surface area contributed by atoms with E-state index in [4.69, 9.17) is 9.15 Å². The number of furan rings is 1. The molecule has 0 atom stereocenters. The zero-order valence-electron chi connectivity index (χ0n) is 19.1. The molecule has 1 aromatic carbocycles. The molecule has 8 heteroatoms. The van der Waals surface area contributed by atoms with E-state index in [1.165, 1.54) is 0 Å². The van der Waals surface area contributed by atoms with Crippen LogP contribution in [0.5, 0.6) is 5.75 Å². The Hall–Kier alpha value is -3.83. The third-order valence-electron chi connectivity index (χ3n) is 5.54. The minimum absolute atomic E-state index is 0.171. The SMILES string of the molecule is CCOc1ccc2oc(C(=O)N/N=C/c3cc(C)n(-c4sc(C)c(C)c4C#N)c3C)cc2c1. The Balaban J connectivity index is 1.54. The summed E-state index contributed by atoms with van der Waals surface area (Å²) < 4.78 is 13.2. The van der Waals surface area contributed by atoms with E-state index in [1.807, 2.05) is 46.8 Å². The first kappa shape index (κ1) is 22.4. The predicted octanol–water partition coefficient (Wildman–Crippen LogP) is 5.55. The van der Waals surface area contributed by atoms with Gasteiger partial charge in [-0.1, -0.05) is 0 Å². The summed E-state index contributed by atoms with van der Waals surface area (Å²) in [6.07, 6.45) is 1.60. The summed E-state index contributed by atoms with van der Waals surface area (Å²) in [7, 11) is 0. The molecule has 1 amide bonds. The van der Waals surface area contributed by atoms with Crippen molar-refractivity contribution in [3.05, 3.63) is 69.0 Å². The molecule has 168 valence electrons. The highest BCUT2D eigenvalue weighted by molar-refractivity contribution is 7.14. The van der Waals surface area contributed by atoms with E-state index in [-0.39, 0.29) is 5.76 Å². The first-order valence-electron chi connectivity index (χ1n) is 10.5. The zero-order valence-corrected chi connectivity index (χ0v) is 20.0. The molecule has 0 aliphatic carbocycles. The van der Waals surface area contributed by atoms with E-state index >= 15 is 0 Å². The van der Waals surface area contributed by atoms with Crippen LogP contribution in [0.3, 0.4) is 0 Å². The number of hydrogen-bond acceptors (Lipinski definition) is 6. The normalized spacial score (nSPS) is 11.3. The van der Waals surface area contributed by atoms with Gasteiger partial charge in [0.05, 0.1) is 18.4 Å². The highest BCUT2D eigenvalue weighted by atomic mass is 32.1. The number of aromatic nitrogens is 1. The van der Waals surface area contributed by atoms with Crippen molar-refractivity contribution < 1.29 is 13.9 Å². The number of ether oxygens (including phenoxy) is 1. The van der Waals surface area contributed by atoms with E-state index in [0.717, 1.165) is 43.5 Å². The van der Waals surface area contributed by atoms with E-state index in [1.54, 1.807) is 35.8 Å². The van der Waals surface area contributed by atoms with E-state index < -0.39 is 5.91 Å². The number of hydrazone groups is 1. The first-order chi connectivity index (χ1) is 15.8. The average molecular weight is 461 g/mol. The monoisotopic (exact) mass is 460 g/mol. The number of nitriles is 1. The van der Waals surface area contributed by atoms with E-state index in [0.29, 0.717) is 17.8 Å². The molecule has 0 radical (unpaired) electrons. The smallest absolute Gasteiger partial charge is 0.307 e. The number of amides is 1. The second-order valence-electron chi connectivity index (χ2n) is 7.68. The molecule has 4 aromatic rings. The van der Waals surface area contributed by atoms with Crippen molar-refractivity contribution in [3.8, 4) is 16.8 Å². The summed E-state index contributed by atoms with van der Waals surface area (Å²) in [4.78, 5) is 13.6. The molecule has 7 nitrogen and oxygen atoms in total.